The largest absolute Gasteiger partial charge is 0.326 e. The molecule has 0 fully saturated rings. The second-order valence-corrected chi connectivity index (χ2v) is 9.06. The van der Waals surface area contributed by atoms with Gasteiger partial charge in [-0.25, -0.2) is 5.48 Å². The lowest BCUT2D eigenvalue weighted by atomic mass is 10.1. The van der Waals surface area contributed by atoms with Gasteiger partial charge in [-0.2, -0.15) is 0 Å². The van der Waals surface area contributed by atoms with E-state index in [-0.39, 0.29) is 18.2 Å². The Hall–Kier alpha value is -2.23. The summed E-state index contributed by atoms with van der Waals surface area (Å²) < 4.78 is 1.00. The van der Waals surface area contributed by atoms with Gasteiger partial charge in [0.2, 0.25) is 17.7 Å². The molecule has 7 nitrogen and oxygen atoms in total. The molecule has 1 aromatic carbocycles. The molecule has 0 aliphatic rings. The number of nitrogens with one attached hydrogen (secondary N) is 2. The van der Waals surface area contributed by atoms with E-state index in [0.717, 1.165) is 20.8 Å². The number of thiophene rings is 1. The first-order chi connectivity index (χ1) is 13.9. The van der Waals surface area contributed by atoms with Gasteiger partial charge < -0.3 is 10.2 Å². The van der Waals surface area contributed by atoms with Crippen molar-refractivity contribution in [2.24, 2.45) is 0 Å². The highest BCUT2D eigenvalue weighted by molar-refractivity contribution is 9.11. The standard InChI is InChI=1S/C20H24BrN3O4S/c1-14(25)22-15-7-9-16(10-8-15)24(13-17-11-12-18(21)29-17)20(27)6-4-2-3-5-19(26)23-28/h7-12,28H,2-6,13H2,1H3,(H,22,25)(H,23,26). The van der Waals surface area contributed by atoms with Crippen molar-refractivity contribution in [1.82, 2.24) is 5.48 Å². The number of hydrogen-bond acceptors (Lipinski definition) is 5. The predicted octanol–water partition coefficient (Wildman–Crippen LogP) is 4.46. The Labute approximate surface area is 182 Å². The molecule has 1 aromatic heterocycles. The van der Waals surface area contributed by atoms with Crippen LogP contribution in [0.25, 0.3) is 0 Å². The van der Waals surface area contributed by atoms with Gasteiger partial charge >= 0.3 is 0 Å². The van der Waals surface area contributed by atoms with Crippen LogP contribution >= 0.6 is 27.3 Å². The molecular weight excluding hydrogens is 458 g/mol. The summed E-state index contributed by atoms with van der Waals surface area (Å²) in [6.45, 7) is 1.91. The van der Waals surface area contributed by atoms with Crippen molar-refractivity contribution >= 4 is 56.4 Å². The van der Waals surface area contributed by atoms with Gasteiger partial charge in [-0.1, -0.05) is 6.42 Å². The zero-order chi connectivity index (χ0) is 21.2. The van der Waals surface area contributed by atoms with Gasteiger partial charge in [-0.3, -0.25) is 19.6 Å². The van der Waals surface area contributed by atoms with Crippen LogP contribution in [0.4, 0.5) is 11.4 Å². The third-order valence-corrected chi connectivity index (χ3v) is 5.77. The zero-order valence-corrected chi connectivity index (χ0v) is 18.5. The Bertz CT molecular complexity index is 839. The number of halogens is 1. The molecule has 0 spiro atoms. The summed E-state index contributed by atoms with van der Waals surface area (Å²) in [7, 11) is 0. The van der Waals surface area contributed by atoms with Crippen molar-refractivity contribution in [2.75, 3.05) is 10.2 Å². The van der Waals surface area contributed by atoms with E-state index < -0.39 is 5.91 Å². The van der Waals surface area contributed by atoms with Gasteiger partial charge in [-0.05, 0) is 65.2 Å². The van der Waals surface area contributed by atoms with Gasteiger partial charge in [-0.15, -0.1) is 11.3 Å². The topological polar surface area (TPSA) is 98.7 Å². The monoisotopic (exact) mass is 481 g/mol. The van der Waals surface area contributed by atoms with Crippen LogP contribution in [0.15, 0.2) is 40.2 Å². The molecule has 0 aliphatic heterocycles. The maximum Gasteiger partial charge on any atom is 0.243 e. The molecule has 2 rings (SSSR count). The zero-order valence-electron chi connectivity index (χ0n) is 16.1. The Morgan fingerprint density at radius 1 is 1.03 bits per heavy atom. The van der Waals surface area contributed by atoms with E-state index in [4.69, 9.17) is 5.21 Å². The Kier molecular flexibility index (Phi) is 9.30. The lowest BCUT2D eigenvalue weighted by Gasteiger charge is -2.23. The summed E-state index contributed by atoms with van der Waals surface area (Å²) in [4.78, 5) is 37.9. The summed E-state index contributed by atoms with van der Waals surface area (Å²) in [6, 6.07) is 11.1. The SMILES string of the molecule is CC(=O)Nc1ccc(N(Cc2ccc(Br)s2)C(=O)CCCCCC(=O)NO)cc1. The number of carbonyl (C=O) groups excluding carboxylic acids is 3. The quantitative estimate of drug-likeness (QED) is 0.265. The molecule has 29 heavy (non-hydrogen) atoms. The molecule has 9 heteroatoms. The van der Waals surface area contributed by atoms with E-state index in [1.165, 1.54) is 6.92 Å². The summed E-state index contributed by atoms with van der Waals surface area (Å²) in [5.41, 5.74) is 3.04. The fourth-order valence-electron chi connectivity index (χ4n) is 2.77. The Balaban J connectivity index is 2.03. The van der Waals surface area contributed by atoms with Crippen LogP contribution in [0.5, 0.6) is 0 Å². The van der Waals surface area contributed by atoms with Crippen molar-refractivity contribution in [3.8, 4) is 0 Å². The molecule has 2 aromatic rings. The average molecular weight is 482 g/mol. The molecule has 156 valence electrons. The fourth-order valence-corrected chi connectivity index (χ4v) is 4.25. The molecule has 0 saturated heterocycles. The predicted molar refractivity (Wildman–Crippen MR) is 117 cm³/mol. The van der Waals surface area contributed by atoms with E-state index in [1.54, 1.807) is 33.8 Å². The highest BCUT2D eigenvalue weighted by Crippen LogP contribution is 2.27. The van der Waals surface area contributed by atoms with E-state index >= 15 is 0 Å². The Morgan fingerprint density at radius 2 is 1.72 bits per heavy atom. The van der Waals surface area contributed by atoms with Crippen LogP contribution in [0.2, 0.25) is 0 Å². The third-order valence-electron chi connectivity index (χ3n) is 4.16. The van der Waals surface area contributed by atoms with E-state index in [0.29, 0.717) is 31.5 Å². The Morgan fingerprint density at radius 3 is 2.31 bits per heavy atom. The van der Waals surface area contributed by atoms with Crippen molar-refractivity contribution in [3.63, 3.8) is 0 Å². The summed E-state index contributed by atoms with van der Waals surface area (Å²) in [5.74, 6) is -0.571. The minimum Gasteiger partial charge on any atom is -0.326 e. The molecule has 3 N–H and O–H groups in total. The van der Waals surface area contributed by atoms with Gasteiger partial charge in [0.15, 0.2) is 0 Å². The number of hydrogen-bond donors (Lipinski definition) is 3. The molecule has 1 heterocycles. The van der Waals surface area contributed by atoms with Crippen LogP contribution in [-0.4, -0.2) is 22.9 Å². The highest BCUT2D eigenvalue weighted by atomic mass is 79.9. The summed E-state index contributed by atoms with van der Waals surface area (Å²) in [6.07, 6.45) is 2.59. The third kappa shape index (κ3) is 7.96. The molecule has 0 atom stereocenters. The maximum absolute atomic E-state index is 12.9. The summed E-state index contributed by atoms with van der Waals surface area (Å²) in [5, 5.41) is 11.2. The van der Waals surface area contributed by atoms with Crippen LogP contribution in [0.1, 0.15) is 43.9 Å². The van der Waals surface area contributed by atoms with E-state index in [1.807, 2.05) is 24.3 Å². The number of unbranched alkanes of at least 4 members (excludes halogenated alkanes) is 2. The normalized spacial score (nSPS) is 10.4. The number of nitrogens with zero attached hydrogens (tertiary/aromatic N) is 1. The van der Waals surface area contributed by atoms with Crippen LogP contribution < -0.4 is 15.7 Å². The van der Waals surface area contributed by atoms with Crippen LogP contribution in [-0.2, 0) is 20.9 Å². The van der Waals surface area contributed by atoms with Gasteiger partial charge in [0.25, 0.3) is 0 Å². The minimum atomic E-state index is -0.416. The van der Waals surface area contributed by atoms with Gasteiger partial charge in [0, 0.05) is 36.0 Å². The molecule has 0 saturated carbocycles. The second-order valence-electron chi connectivity index (χ2n) is 6.51. The summed E-state index contributed by atoms with van der Waals surface area (Å²) >= 11 is 5.02. The number of benzene rings is 1. The van der Waals surface area contributed by atoms with Crippen LogP contribution in [0.3, 0.4) is 0 Å². The molecule has 0 bridgehead atoms. The van der Waals surface area contributed by atoms with E-state index in [9.17, 15) is 14.4 Å². The number of carbonyl (C=O) groups is 3. The van der Waals surface area contributed by atoms with Crippen molar-refractivity contribution in [1.29, 1.82) is 0 Å². The van der Waals surface area contributed by atoms with Crippen molar-refractivity contribution in [3.05, 3.63) is 45.1 Å². The van der Waals surface area contributed by atoms with E-state index in [2.05, 4.69) is 21.2 Å². The minimum absolute atomic E-state index is 0.00610. The molecular formula is C20H24BrN3O4S. The highest BCUT2D eigenvalue weighted by Gasteiger charge is 2.17. The lowest BCUT2D eigenvalue weighted by Crippen LogP contribution is -2.29. The molecule has 3 amide bonds. The number of amides is 3. The van der Waals surface area contributed by atoms with Crippen LogP contribution in [0, 0.1) is 0 Å². The fraction of sp³-hybridized carbons (Fsp3) is 0.350. The molecule has 0 unspecified atom stereocenters. The molecule has 0 radical (unpaired) electrons. The lowest BCUT2D eigenvalue weighted by molar-refractivity contribution is -0.129. The average Bonchev–Trinajstić information content (AvgIpc) is 3.10. The van der Waals surface area contributed by atoms with Crippen molar-refractivity contribution in [2.45, 2.75) is 45.6 Å². The smallest absolute Gasteiger partial charge is 0.243 e. The van der Waals surface area contributed by atoms with Gasteiger partial charge in [0.1, 0.15) is 0 Å². The second kappa shape index (κ2) is 11.7. The number of anilines is 2. The first-order valence-electron chi connectivity index (χ1n) is 9.24. The first-order valence-corrected chi connectivity index (χ1v) is 10.8. The molecule has 0 aliphatic carbocycles. The van der Waals surface area contributed by atoms with Crippen molar-refractivity contribution < 1.29 is 19.6 Å². The first kappa shape index (κ1) is 23.1. The number of hydroxylamine groups is 1. The maximum atomic E-state index is 12.9. The van der Waals surface area contributed by atoms with Gasteiger partial charge in [0.05, 0.1) is 10.3 Å². The number of rotatable bonds is 10.